The normalized spacial score (nSPS) is 12.4. The monoisotopic (exact) mass is 295 g/mol. The number of nitro benzene ring substituents is 1. The van der Waals surface area contributed by atoms with E-state index in [2.05, 4.69) is 5.10 Å². The molecule has 0 radical (unpaired) electrons. The molecular formula is C13H14ClN3O3. The van der Waals surface area contributed by atoms with Crippen LogP contribution in [0.5, 0.6) is 0 Å². The Morgan fingerprint density at radius 1 is 1.45 bits per heavy atom. The van der Waals surface area contributed by atoms with Crippen molar-refractivity contribution in [2.45, 2.75) is 26.9 Å². The summed E-state index contributed by atoms with van der Waals surface area (Å²) in [4.78, 5) is 10.7. The molecule has 0 saturated carbocycles. The van der Waals surface area contributed by atoms with Crippen LogP contribution in [0.1, 0.15) is 30.0 Å². The fourth-order valence-electron chi connectivity index (χ4n) is 1.98. The summed E-state index contributed by atoms with van der Waals surface area (Å²) in [5.41, 5.74) is 1.93. The average Bonchev–Trinajstić information content (AvgIpc) is 2.65. The molecule has 0 spiro atoms. The van der Waals surface area contributed by atoms with Crippen molar-refractivity contribution in [2.24, 2.45) is 0 Å². The van der Waals surface area contributed by atoms with Crippen LogP contribution in [-0.2, 0) is 0 Å². The third-order valence-corrected chi connectivity index (χ3v) is 3.66. The molecule has 6 nitrogen and oxygen atoms in total. The number of hydrogen-bond donors (Lipinski definition) is 1. The lowest BCUT2D eigenvalue weighted by atomic mass is 10.1. The van der Waals surface area contributed by atoms with E-state index in [9.17, 15) is 15.2 Å². The third kappa shape index (κ3) is 2.39. The van der Waals surface area contributed by atoms with E-state index in [1.165, 1.54) is 10.7 Å². The number of nitro groups is 1. The van der Waals surface area contributed by atoms with Crippen molar-refractivity contribution in [2.75, 3.05) is 0 Å². The number of benzene rings is 1. The molecule has 2 rings (SSSR count). The molecule has 1 N–H and O–H groups in total. The van der Waals surface area contributed by atoms with Crippen molar-refractivity contribution < 1.29 is 10.0 Å². The van der Waals surface area contributed by atoms with Crippen molar-refractivity contribution in [1.29, 1.82) is 0 Å². The van der Waals surface area contributed by atoms with E-state index in [4.69, 9.17) is 11.6 Å². The molecule has 0 fully saturated rings. The van der Waals surface area contributed by atoms with Crippen molar-refractivity contribution in [3.05, 3.63) is 50.3 Å². The zero-order valence-corrected chi connectivity index (χ0v) is 12.0. The van der Waals surface area contributed by atoms with Crippen LogP contribution in [0.2, 0.25) is 5.02 Å². The molecule has 2 aromatic rings. The molecule has 1 unspecified atom stereocenters. The Kier molecular flexibility index (Phi) is 3.78. The number of hydrogen-bond acceptors (Lipinski definition) is 4. The van der Waals surface area contributed by atoms with Gasteiger partial charge in [-0.15, -0.1) is 0 Å². The van der Waals surface area contributed by atoms with Crippen LogP contribution in [0.15, 0.2) is 18.2 Å². The van der Waals surface area contributed by atoms with Crippen LogP contribution in [0.25, 0.3) is 5.69 Å². The number of halogens is 1. The van der Waals surface area contributed by atoms with E-state index >= 15 is 0 Å². The molecule has 106 valence electrons. The first-order chi connectivity index (χ1) is 9.32. The molecule has 1 atom stereocenters. The zero-order valence-electron chi connectivity index (χ0n) is 11.3. The Bertz CT molecular complexity index is 680. The van der Waals surface area contributed by atoms with Crippen molar-refractivity contribution in [3.8, 4) is 5.69 Å². The van der Waals surface area contributed by atoms with E-state index in [1.807, 2.05) is 0 Å². The Morgan fingerprint density at radius 3 is 2.55 bits per heavy atom. The van der Waals surface area contributed by atoms with Crippen LogP contribution in [0.4, 0.5) is 5.69 Å². The van der Waals surface area contributed by atoms with Gasteiger partial charge in [-0.3, -0.25) is 10.1 Å². The van der Waals surface area contributed by atoms with Gasteiger partial charge in [0.25, 0.3) is 5.69 Å². The van der Waals surface area contributed by atoms with Crippen molar-refractivity contribution in [3.63, 3.8) is 0 Å². The van der Waals surface area contributed by atoms with Gasteiger partial charge < -0.3 is 5.11 Å². The molecule has 7 heteroatoms. The number of aliphatic hydroxyl groups excluding tert-OH is 1. The van der Waals surface area contributed by atoms with E-state index in [-0.39, 0.29) is 5.69 Å². The topological polar surface area (TPSA) is 81.2 Å². The second-order valence-corrected chi connectivity index (χ2v) is 4.96. The van der Waals surface area contributed by atoms with Gasteiger partial charge in [0.05, 0.1) is 27.4 Å². The summed E-state index contributed by atoms with van der Waals surface area (Å²) in [6.45, 7) is 5.04. The van der Waals surface area contributed by atoms with Crippen molar-refractivity contribution in [1.82, 2.24) is 9.78 Å². The summed E-state index contributed by atoms with van der Waals surface area (Å²) in [7, 11) is 0. The summed E-state index contributed by atoms with van der Waals surface area (Å²) in [5, 5.41) is 25.5. The van der Waals surface area contributed by atoms with E-state index in [0.29, 0.717) is 27.7 Å². The van der Waals surface area contributed by atoms with E-state index in [1.54, 1.807) is 32.9 Å². The first-order valence-corrected chi connectivity index (χ1v) is 6.39. The minimum Gasteiger partial charge on any atom is -0.389 e. The number of aliphatic hydroxyl groups is 1. The number of aromatic nitrogens is 2. The summed E-state index contributed by atoms with van der Waals surface area (Å²) in [6, 6.07) is 4.55. The van der Waals surface area contributed by atoms with Gasteiger partial charge in [-0.05, 0) is 32.4 Å². The van der Waals surface area contributed by atoms with Crippen LogP contribution in [0.3, 0.4) is 0 Å². The van der Waals surface area contributed by atoms with Gasteiger partial charge in [0.15, 0.2) is 0 Å². The largest absolute Gasteiger partial charge is 0.389 e. The molecule has 1 aromatic carbocycles. The summed E-state index contributed by atoms with van der Waals surface area (Å²) >= 11 is 6.07. The average molecular weight is 296 g/mol. The summed E-state index contributed by atoms with van der Waals surface area (Å²) < 4.78 is 1.45. The molecule has 0 amide bonds. The number of nitrogens with zero attached hydrogens (tertiary/aromatic N) is 3. The molecule has 20 heavy (non-hydrogen) atoms. The highest BCUT2D eigenvalue weighted by molar-refractivity contribution is 6.31. The third-order valence-electron chi connectivity index (χ3n) is 3.11. The van der Waals surface area contributed by atoms with Gasteiger partial charge in [-0.1, -0.05) is 17.7 Å². The second kappa shape index (κ2) is 5.22. The first kappa shape index (κ1) is 14.5. The molecule has 1 heterocycles. The van der Waals surface area contributed by atoms with Crippen molar-refractivity contribution >= 4 is 17.3 Å². The van der Waals surface area contributed by atoms with Crippen LogP contribution in [0, 0.1) is 24.0 Å². The number of rotatable bonds is 3. The Hall–Kier alpha value is -1.92. The fourth-order valence-corrected chi connectivity index (χ4v) is 2.10. The predicted molar refractivity (Wildman–Crippen MR) is 75.3 cm³/mol. The molecular weight excluding hydrogens is 282 g/mol. The summed E-state index contributed by atoms with van der Waals surface area (Å²) in [6.07, 6.45) is -0.771. The molecule has 0 aliphatic heterocycles. The maximum atomic E-state index is 11.2. The van der Waals surface area contributed by atoms with Gasteiger partial charge in [-0.25, -0.2) is 4.68 Å². The highest BCUT2D eigenvalue weighted by Gasteiger charge is 2.21. The van der Waals surface area contributed by atoms with Crippen LogP contribution >= 0.6 is 11.6 Å². The standard InChI is InChI=1S/C13H14ClN3O3/c1-7-13(14)8(2)16(15-7)11-5-4-10(9(3)18)6-12(11)17(19)20/h4-6,9,18H,1-3H3. The summed E-state index contributed by atoms with van der Waals surface area (Å²) in [5.74, 6) is 0. The number of aryl methyl sites for hydroxylation is 1. The lowest BCUT2D eigenvalue weighted by Gasteiger charge is -2.09. The molecule has 1 aromatic heterocycles. The van der Waals surface area contributed by atoms with Gasteiger partial charge in [0.1, 0.15) is 5.69 Å². The molecule has 0 bridgehead atoms. The second-order valence-electron chi connectivity index (χ2n) is 4.58. The smallest absolute Gasteiger partial charge is 0.295 e. The van der Waals surface area contributed by atoms with Gasteiger partial charge >= 0.3 is 0 Å². The maximum absolute atomic E-state index is 11.2. The Morgan fingerprint density at radius 2 is 2.10 bits per heavy atom. The van der Waals surface area contributed by atoms with Gasteiger partial charge in [0.2, 0.25) is 0 Å². The predicted octanol–water partition coefficient (Wildman–Crippen LogP) is 3.10. The Labute approximate surface area is 120 Å². The lowest BCUT2D eigenvalue weighted by Crippen LogP contribution is -2.05. The quantitative estimate of drug-likeness (QED) is 0.697. The molecule has 0 aliphatic rings. The Balaban J connectivity index is 2.67. The van der Waals surface area contributed by atoms with E-state index < -0.39 is 11.0 Å². The van der Waals surface area contributed by atoms with Gasteiger partial charge in [0, 0.05) is 6.07 Å². The lowest BCUT2D eigenvalue weighted by molar-refractivity contribution is -0.384. The molecule has 0 saturated heterocycles. The maximum Gasteiger partial charge on any atom is 0.295 e. The highest BCUT2D eigenvalue weighted by Crippen LogP contribution is 2.30. The van der Waals surface area contributed by atoms with E-state index in [0.717, 1.165) is 0 Å². The van der Waals surface area contributed by atoms with Crippen LogP contribution in [-0.4, -0.2) is 19.8 Å². The highest BCUT2D eigenvalue weighted by atomic mass is 35.5. The zero-order chi connectivity index (χ0) is 15.0. The van der Waals surface area contributed by atoms with Gasteiger partial charge in [-0.2, -0.15) is 5.10 Å². The fraction of sp³-hybridized carbons (Fsp3) is 0.308. The minimum atomic E-state index is -0.771. The SMILES string of the molecule is Cc1nn(-c2ccc(C(C)O)cc2[N+](=O)[O-])c(C)c1Cl. The van der Waals surface area contributed by atoms with Crippen LogP contribution < -0.4 is 0 Å². The molecule has 0 aliphatic carbocycles. The first-order valence-electron chi connectivity index (χ1n) is 6.01. The minimum absolute atomic E-state index is 0.120.